The van der Waals surface area contributed by atoms with Crippen molar-refractivity contribution in [3.8, 4) is 11.5 Å². The van der Waals surface area contributed by atoms with Crippen LogP contribution in [0, 0.1) is 0 Å². The number of methoxy groups -OCH3 is 2. The molecule has 1 heterocycles. The molecule has 0 bridgehead atoms. The van der Waals surface area contributed by atoms with Crippen molar-refractivity contribution in [3.05, 3.63) is 23.3 Å². The molecule has 0 amide bonds. The first-order valence-corrected chi connectivity index (χ1v) is 4.80. The van der Waals surface area contributed by atoms with Crippen LogP contribution in [-0.4, -0.2) is 20.8 Å². The Morgan fingerprint density at radius 3 is 2.67 bits per heavy atom. The largest absolute Gasteiger partial charge is 0.493 e. The number of rotatable bonds is 2. The molecule has 0 fully saturated rings. The zero-order valence-electron chi connectivity index (χ0n) is 9.00. The van der Waals surface area contributed by atoms with Crippen LogP contribution in [0.2, 0.25) is 0 Å². The highest BCUT2D eigenvalue weighted by molar-refractivity contribution is 5.85. The van der Waals surface area contributed by atoms with E-state index in [1.807, 2.05) is 6.07 Å². The summed E-state index contributed by atoms with van der Waals surface area (Å²) in [6.07, 6.45) is 1.07. The zero-order valence-corrected chi connectivity index (χ0v) is 9.82. The third kappa shape index (κ3) is 2.19. The van der Waals surface area contributed by atoms with E-state index < -0.39 is 0 Å². The van der Waals surface area contributed by atoms with Gasteiger partial charge >= 0.3 is 0 Å². The van der Waals surface area contributed by atoms with Crippen molar-refractivity contribution >= 4 is 12.4 Å². The van der Waals surface area contributed by atoms with E-state index in [4.69, 9.17) is 9.47 Å². The maximum Gasteiger partial charge on any atom is 0.165 e. The van der Waals surface area contributed by atoms with Crippen LogP contribution in [0.25, 0.3) is 0 Å². The highest BCUT2D eigenvalue weighted by Gasteiger charge is 2.16. The lowest BCUT2D eigenvalue weighted by molar-refractivity contribution is 0.349. The molecular weight excluding hydrogens is 214 g/mol. The fraction of sp³-hybridized carbons (Fsp3) is 0.455. The van der Waals surface area contributed by atoms with E-state index in [2.05, 4.69) is 11.4 Å². The normalized spacial score (nSPS) is 13.7. The minimum Gasteiger partial charge on any atom is -0.493 e. The second kappa shape index (κ2) is 5.24. The van der Waals surface area contributed by atoms with Gasteiger partial charge in [-0.2, -0.15) is 0 Å². The number of fused-ring (bicyclic) bond motifs is 1. The van der Waals surface area contributed by atoms with E-state index in [1.165, 1.54) is 11.1 Å². The molecule has 4 heteroatoms. The Morgan fingerprint density at radius 2 is 2.00 bits per heavy atom. The van der Waals surface area contributed by atoms with Gasteiger partial charge in [0.25, 0.3) is 0 Å². The Labute approximate surface area is 96.2 Å². The van der Waals surface area contributed by atoms with E-state index in [0.717, 1.165) is 31.0 Å². The predicted octanol–water partition coefficient (Wildman–Crippen LogP) is 1.77. The molecule has 0 unspecified atom stereocenters. The van der Waals surface area contributed by atoms with E-state index in [9.17, 15) is 0 Å². The van der Waals surface area contributed by atoms with Crippen molar-refractivity contribution in [2.24, 2.45) is 0 Å². The first-order chi connectivity index (χ1) is 6.86. The number of ether oxygens (including phenoxy) is 2. The average molecular weight is 230 g/mol. The number of hydrogen-bond donors (Lipinski definition) is 1. The SMILES string of the molecule is COc1ccc2c(c1OC)CNCC2.Cl. The molecule has 3 nitrogen and oxygen atoms in total. The van der Waals surface area contributed by atoms with E-state index in [1.54, 1.807) is 14.2 Å². The molecule has 1 aliphatic rings. The summed E-state index contributed by atoms with van der Waals surface area (Å²) in [5.74, 6) is 1.69. The smallest absolute Gasteiger partial charge is 0.165 e. The monoisotopic (exact) mass is 229 g/mol. The third-order valence-corrected chi connectivity index (χ3v) is 2.62. The Bertz CT molecular complexity index is 327. The molecule has 0 spiro atoms. The molecule has 0 aliphatic carbocycles. The van der Waals surface area contributed by atoms with Crippen molar-refractivity contribution < 1.29 is 9.47 Å². The summed E-state index contributed by atoms with van der Waals surface area (Å²) in [4.78, 5) is 0. The second-order valence-corrected chi connectivity index (χ2v) is 3.37. The molecule has 2 rings (SSSR count). The zero-order chi connectivity index (χ0) is 9.97. The fourth-order valence-corrected chi connectivity index (χ4v) is 1.90. The maximum atomic E-state index is 5.37. The van der Waals surface area contributed by atoms with Gasteiger partial charge in [0, 0.05) is 12.1 Å². The topological polar surface area (TPSA) is 30.5 Å². The standard InChI is InChI=1S/C11H15NO2.ClH/c1-13-10-4-3-8-5-6-12-7-9(8)11(10)14-2;/h3-4,12H,5-7H2,1-2H3;1H. The molecular formula is C11H16ClNO2. The lowest BCUT2D eigenvalue weighted by atomic mass is 9.99. The summed E-state index contributed by atoms with van der Waals surface area (Å²) >= 11 is 0. The van der Waals surface area contributed by atoms with Gasteiger partial charge in [-0.3, -0.25) is 0 Å². The highest BCUT2D eigenvalue weighted by atomic mass is 35.5. The van der Waals surface area contributed by atoms with Crippen molar-refractivity contribution in [3.63, 3.8) is 0 Å². The van der Waals surface area contributed by atoms with Gasteiger partial charge in [-0.25, -0.2) is 0 Å². The lowest BCUT2D eigenvalue weighted by Crippen LogP contribution is -2.24. The first kappa shape index (κ1) is 12.1. The maximum absolute atomic E-state index is 5.37. The molecule has 1 aliphatic heterocycles. The molecule has 0 radical (unpaired) electrons. The second-order valence-electron chi connectivity index (χ2n) is 3.37. The summed E-state index contributed by atoms with van der Waals surface area (Å²) in [6, 6.07) is 4.10. The molecule has 0 saturated carbocycles. The summed E-state index contributed by atoms with van der Waals surface area (Å²) in [5, 5.41) is 3.33. The summed E-state index contributed by atoms with van der Waals surface area (Å²) in [5.41, 5.74) is 2.60. The van der Waals surface area contributed by atoms with Crippen LogP contribution in [0.3, 0.4) is 0 Å². The van der Waals surface area contributed by atoms with E-state index in [0.29, 0.717) is 0 Å². The molecule has 1 aromatic rings. The molecule has 0 atom stereocenters. The number of nitrogens with one attached hydrogen (secondary N) is 1. The van der Waals surface area contributed by atoms with E-state index in [-0.39, 0.29) is 12.4 Å². The predicted molar refractivity (Wildman–Crippen MR) is 62.2 cm³/mol. The van der Waals surface area contributed by atoms with E-state index >= 15 is 0 Å². The Balaban J connectivity index is 0.00000112. The lowest BCUT2D eigenvalue weighted by Gasteiger charge is -2.21. The molecule has 15 heavy (non-hydrogen) atoms. The van der Waals surface area contributed by atoms with Gasteiger partial charge in [0.1, 0.15) is 0 Å². The van der Waals surface area contributed by atoms with Gasteiger partial charge in [0.15, 0.2) is 11.5 Å². The van der Waals surface area contributed by atoms with Gasteiger partial charge < -0.3 is 14.8 Å². The summed E-state index contributed by atoms with van der Waals surface area (Å²) in [7, 11) is 3.35. The third-order valence-electron chi connectivity index (χ3n) is 2.62. The van der Waals surface area contributed by atoms with Gasteiger partial charge in [-0.15, -0.1) is 12.4 Å². The molecule has 84 valence electrons. The number of benzene rings is 1. The molecule has 1 N–H and O–H groups in total. The molecule has 0 saturated heterocycles. The summed E-state index contributed by atoms with van der Waals surface area (Å²) in [6.45, 7) is 1.91. The Kier molecular flexibility index (Phi) is 4.24. The summed E-state index contributed by atoms with van der Waals surface area (Å²) < 4.78 is 10.6. The van der Waals surface area contributed by atoms with Crippen LogP contribution in [0.15, 0.2) is 12.1 Å². The minimum atomic E-state index is 0. The van der Waals surface area contributed by atoms with Crippen molar-refractivity contribution in [1.29, 1.82) is 0 Å². The quantitative estimate of drug-likeness (QED) is 0.839. The fourth-order valence-electron chi connectivity index (χ4n) is 1.90. The molecule has 1 aromatic carbocycles. The van der Waals surface area contributed by atoms with Gasteiger partial charge in [-0.05, 0) is 24.6 Å². The van der Waals surface area contributed by atoms with Gasteiger partial charge in [-0.1, -0.05) is 6.07 Å². The minimum absolute atomic E-state index is 0. The van der Waals surface area contributed by atoms with Crippen LogP contribution < -0.4 is 14.8 Å². The van der Waals surface area contributed by atoms with Crippen LogP contribution in [0.1, 0.15) is 11.1 Å². The van der Waals surface area contributed by atoms with Gasteiger partial charge in [0.05, 0.1) is 14.2 Å². The van der Waals surface area contributed by atoms with Crippen molar-refractivity contribution in [2.45, 2.75) is 13.0 Å². The Hall–Kier alpha value is -0.930. The van der Waals surface area contributed by atoms with Crippen LogP contribution >= 0.6 is 12.4 Å². The Morgan fingerprint density at radius 1 is 1.20 bits per heavy atom. The van der Waals surface area contributed by atoms with Crippen molar-refractivity contribution in [2.75, 3.05) is 20.8 Å². The van der Waals surface area contributed by atoms with Crippen molar-refractivity contribution in [1.82, 2.24) is 5.32 Å². The molecule has 0 aromatic heterocycles. The first-order valence-electron chi connectivity index (χ1n) is 4.80. The highest BCUT2D eigenvalue weighted by Crippen LogP contribution is 2.34. The number of hydrogen-bond acceptors (Lipinski definition) is 3. The van der Waals surface area contributed by atoms with Crippen LogP contribution in [0.5, 0.6) is 11.5 Å². The number of halogens is 1. The van der Waals surface area contributed by atoms with Crippen LogP contribution in [-0.2, 0) is 13.0 Å². The van der Waals surface area contributed by atoms with Crippen LogP contribution in [0.4, 0.5) is 0 Å². The average Bonchev–Trinajstić information content (AvgIpc) is 2.27. The van der Waals surface area contributed by atoms with Gasteiger partial charge in [0.2, 0.25) is 0 Å².